The van der Waals surface area contributed by atoms with E-state index in [0.717, 1.165) is 21.6 Å². The van der Waals surface area contributed by atoms with Gasteiger partial charge in [-0.2, -0.15) is 21.0 Å². The van der Waals surface area contributed by atoms with Gasteiger partial charge < -0.3 is 90.4 Å². The zero-order chi connectivity index (χ0) is 64.7. The molecular formula is C43H69N9O27S4. The summed E-state index contributed by atoms with van der Waals surface area (Å²) < 4.78 is 30.5. The fraction of sp³-hybridized carbons (Fsp3) is 0.628. The van der Waals surface area contributed by atoms with Crippen LogP contribution in [0.15, 0.2) is 0 Å². The highest BCUT2D eigenvalue weighted by atomic mass is 33.1. The van der Waals surface area contributed by atoms with E-state index in [2.05, 4.69) is 33.9 Å². The summed E-state index contributed by atoms with van der Waals surface area (Å²) in [5.74, 6) is -20.1. The maximum absolute atomic E-state index is 12.4. The molecule has 0 aromatic carbocycles. The van der Waals surface area contributed by atoms with Crippen LogP contribution in [0.3, 0.4) is 0 Å². The van der Waals surface area contributed by atoms with Gasteiger partial charge in [-0.3, -0.25) is 81.3 Å². The number of hydrogen-bond donors (Lipinski definition) is 19. The van der Waals surface area contributed by atoms with Crippen LogP contribution in [0.1, 0.15) is 70.6 Å². The van der Waals surface area contributed by atoms with Crippen LogP contribution in [0.4, 0.5) is 0 Å². The molecule has 22 N–H and O–H groups in total. The lowest BCUT2D eigenvalue weighted by molar-refractivity contribution is -0.140. The average Bonchev–Trinajstić information content (AvgIpc) is 3.41. The van der Waals surface area contributed by atoms with Gasteiger partial charge in [0, 0.05) is 62.2 Å². The average molecular weight is 1270 g/mol. The normalized spacial score (nSPS) is 13.6. The fourth-order valence-electron chi connectivity index (χ4n) is 5.71. The molecule has 0 aliphatic rings. The molecule has 0 spiro atoms. The molecule has 0 fully saturated rings. The molecule has 0 radical (unpaired) electrons. The summed E-state index contributed by atoms with van der Waals surface area (Å²) >= 11 is 3.94. The van der Waals surface area contributed by atoms with Crippen molar-refractivity contribution in [2.45, 2.75) is 101 Å². The van der Waals surface area contributed by atoms with Crippen molar-refractivity contribution in [3.05, 3.63) is 0 Å². The molecule has 36 nitrogen and oxygen atoms in total. The summed E-state index contributed by atoms with van der Waals surface area (Å²) in [5.41, 5.74) is 21.2. The molecule has 40 heteroatoms. The third-order valence-corrected chi connectivity index (χ3v) is 14.0. The van der Waals surface area contributed by atoms with Crippen LogP contribution in [0.2, 0.25) is 0 Å². The molecule has 472 valence electrons. The first kappa shape index (κ1) is 80.1. The van der Waals surface area contributed by atoms with Crippen LogP contribution in [0.5, 0.6) is 0 Å². The topological polar surface area (TPSA) is 654 Å². The number of aliphatic carboxylic acids is 8. The van der Waals surface area contributed by atoms with E-state index in [9.17, 15) is 85.1 Å². The van der Waals surface area contributed by atoms with Crippen molar-refractivity contribution in [2.24, 2.45) is 40.7 Å². The molecule has 0 aliphatic heterocycles. The number of carboxylic acids is 8. The largest absolute Gasteiger partial charge is 0.480 e. The minimum atomic E-state index is -4.58. The smallest absolute Gasteiger partial charge is 0.322 e. The summed E-state index contributed by atoms with van der Waals surface area (Å²) in [4.78, 5) is 181. The Kier molecular flexibility index (Phi) is 42.1. The van der Waals surface area contributed by atoms with E-state index in [4.69, 9.17) is 68.3 Å². The van der Waals surface area contributed by atoms with Crippen LogP contribution >= 0.6 is 34.2 Å². The van der Waals surface area contributed by atoms with Crippen molar-refractivity contribution >= 4 is 139 Å². The molecule has 0 aliphatic carbocycles. The standard InChI is InChI=1S/C21H33N5O12S2.C11H18N2O9S.C11H18N2O6S/c22-12(20(35)36)2-1-11(27)5-10(18(33)24-6-16(29)30)8-39-40-9-14(19(34)25-7-17(31)32)26-15(28)4-3-13(23)21(37)38;12-8(11(18)19)2-1-7(14)3-6(5-23(20,21)22)10(17)13-4-9(15)16;12-8(11(18)19)2-1-7(14)3-6(5-20)10(17)13-4-9(15)16/h10,12-14H,1-9,22-23H2,(H,24,33)(H,25,34)(H,26,28)(H,29,30)(H,31,32)(H,35,36)(H,37,38);6,8H,1-5,12H2,(H,13,17)(H,15,16)(H,18,19)(H,20,21,22);6,8,20H,1-5,12H2,(H,13,17)(H,15,16)(H,18,19)/t10-,12-,13-,14-;2*6-,8-/m111/s1. The number of ketones is 3. The molecule has 0 saturated heterocycles. The van der Waals surface area contributed by atoms with Crippen LogP contribution in [0, 0.1) is 17.8 Å². The second kappa shape index (κ2) is 43.6. The highest BCUT2D eigenvalue weighted by Gasteiger charge is 2.29. The zero-order valence-corrected chi connectivity index (χ0v) is 47.3. The van der Waals surface area contributed by atoms with Crippen molar-refractivity contribution in [1.29, 1.82) is 0 Å². The van der Waals surface area contributed by atoms with E-state index in [0.29, 0.717) is 0 Å². The molecule has 0 aromatic rings. The van der Waals surface area contributed by atoms with Gasteiger partial charge in [0.25, 0.3) is 10.1 Å². The van der Waals surface area contributed by atoms with E-state index in [1.165, 1.54) is 0 Å². The maximum atomic E-state index is 12.4. The predicted molar refractivity (Wildman–Crippen MR) is 288 cm³/mol. The molecule has 0 rings (SSSR count). The number of nitrogens with one attached hydrogen (secondary N) is 5. The van der Waals surface area contributed by atoms with Crippen LogP contribution < -0.4 is 49.5 Å². The number of Topliss-reactive ketones (excluding diaryl/α,β-unsaturated/α-hetero) is 3. The predicted octanol–water partition coefficient (Wildman–Crippen LogP) is -6.06. The number of thiol groups is 1. The number of carboxylic acid groups (broad SMARTS) is 8. The number of carbonyl (C=O) groups is 16. The SMILES string of the molecule is N[C@H](CCC(=O)C[C@H](CS(=O)(=O)O)C(=O)NCC(=O)O)C(=O)O.N[C@H](CCC(=O)C[C@H](CS)C(=O)NCC(=O)O)C(=O)O.N[C@H](CCC(=O)C[C@H](CSSC[C@@H](NC(=O)CC[C@@H](N)C(=O)O)C(=O)NCC(=O)O)C(=O)NCC(=O)O)C(=O)O. The summed E-state index contributed by atoms with van der Waals surface area (Å²) in [6, 6.07) is -6.22. The Morgan fingerprint density at radius 3 is 1.04 bits per heavy atom. The van der Waals surface area contributed by atoms with Crippen molar-refractivity contribution < 1.29 is 131 Å². The highest BCUT2D eigenvalue weighted by molar-refractivity contribution is 8.76. The van der Waals surface area contributed by atoms with Crippen molar-refractivity contribution in [3.8, 4) is 0 Å². The van der Waals surface area contributed by atoms with E-state index >= 15 is 0 Å². The number of hydrogen-bond acceptors (Lipinski definition) is 25. The molecule has 0 saturated carbocycles. The summed E-state index contributed by atoms with van der Waals surface area (Å²) in [7, 11) is -2.59. The highest BCUT2D eigenvalue weighted by Crippen LogP contribution is 2.27. The number of carbonyl (C=O) groups excluding carboxylic acids is 8. The fourth-order valence-corrected chi connectivity index (χ4v) is 9.26. The summed E-state index contributed by atoms with van der Waals surface area (Å²) in [6.07, 6.45) is -2.56. The van der Waals surface area contributed by atoms with E-state index < -0.39 is 185 Å². The van der Waals surface area contributed by atoms with Gasteiger partial charge in [0.2, 0.25) is 29.5 Å². The van der Waals surface area contributed by atoms with Gasteiger partial charge in [-0.05, 0) is 25.7 Å². The van der Waals surface area contributed by atoms with Gasteiger partial charge in [0.05, 0.1) is 23.5 Å². The van der Waals surface area contributed by atoms with E-state index in [1.807, 2.05) is 5.32 Å². The Labute approximate surface area is 485 Å². The van der Waals surface area contributed by atoms with Gasteiger partial charge in [-0.15, -0.1) is 0 Å². The molecule has 5 amide bonds. The lowest BCUT2D eigenvalue weighted by Gasteiger charge is -2.19. The molecule has 0 bridgehead atoms. The van der Waals surface area contributed by atoms with E-state index in [1.54, 1.807) is 0 Å². The lowest BCUT2D eigenvalue weighted by atomic mass is 9.99. The number of nitrogens with two attached hydrogens (primary N) is 4. The molecular weight excluding hydrogens is 1200 g/mol. The first-order valence-corrected chi connectivity index (χ1v) is 28.6. The second-order valence-corrected chi connectivity index (χ2v) is 21.7. The van der Waals surface area contributed by atoms with Crippen LogP contribution in [-0.4, -0.2) is 228 Å². The van der Waals surface area contributed by atoms with Crippen LogP contribution in [-0.2, 0) is 86.8 Å². The van der Waals surface area contributed by atoms with Gasteiger partial charge in [0.15, 0.2) is 0 Å². The molecule has 0 heterocycles. The van der Waals surface area contributed by atoms with Gasteiger partial charge >= 0.3 is 47.8 Å². The minimum Gasteiger partial charge on any atom is -0.480 e. The Morgan fingerprint density at radius 1 is 0.422 bits per heavy atom. The number of rotatable bonds is 43. The molecule has 8 atom stereocenters. The lowest BCUT2D eigenvalue weighted by Crippen LogP contribution is -2.49. The maximum Gasteiger partial charge on any atom is 0.322 e. The second-order valence-electron chi connectivity index (χ2n) is 17.3. The van der Waals surface area contributed by atoms with Crippen molar-refractivity contribution in [2.75, 3.05) is 49.2 Å². The monoisotopic (exact) mass is 1270 g/mol. The van der Waals surface area contributed by atoms with E-state index in [-0.39, 0.29) is 87.3 Å². The van der Waals surface area contributed by atoms with Gasteiger partial charge in [0.1, 0.15) is 73.7 Å². The summed E-state index contributed by atoms with van der Waals surface area (Å²) in [6.45, 7) is -2.74. The summed E-state index contributed by atoms with van der Waals surface area (Å²) in [5, 5.41) is 79.9. The Bertz CT molecular complexity index is 2330. The number of amides is 5. The Hall–Kier alpha value is -7.08. The van der Waals surface area contributed by atoms with Crippen molar-refractivity contribution in [3.63, 3.8) is 0 Å². The first-order chi connectivity index (χ1) is 38.3. The molecule has 0 unspecified atom stereocenters. The molecule has 83 heavy (non-hydrogen) atoms. The first-order valence-electron chi connectivity index (χ1n) is 23.9. The van der Waals surface area contributed by atoms with Gasteiger partial charge in [-0.1, -0.05) is 21.6 Å². The Morgan fingerprint density at radius 2 is 0.711 bits per heavy atom. The third kappa shape index (κ3) is 44.2. The zero-order valence-electron chi connectivity index (χ0n) is 43.9. The third-order valence-electron chi connectivity index (χ3n) is 10.2. The minimum absolute atomic E-state index is 0.00972. The van der Waals surface area contributed by atoms with Crippen LogP contribution in [0.25, 0.3) is 0 Å². The molecule has 0 aromatic heterocycles. The Balaban J connectivity index is -0.00000126. The van der Waals surface area contributed by atoms with Crippen molar-refractivity contribution in [1.82, 2.24) is 26.6 Å². The van der Waals surface area contributed by atoms with Gasteiger partial charge in [-0.25, -0.2) is 0 Å². The quantitative estimate of drug-likeness (QED) is 0.0117.